The van der Waals surface area contributed by atoms with Crippen LogP contribution in [0.4, 0.5) is 19.1 Å². The van der Waals surface area contributed by atoms with Gasteiger partial charge < -0.3 is 0 Å². The molecule has 0 unspecified atom stereocenters. The summed E-state index contributed by atoms with van der Waals surface area (Å²) in [6, 6.07) is 0. The van der Waals surface area contributed by atoms with Crippen LogP contribution in [-0.2, 0) is 20.3 Å². The molecule has 0 spiro atoms. The van der Waals surface area contributed by atoms with Gasteiger partial charge in [-0.1, -0.05) is 0 Å². The highest BCUT2D eigenvalue weighted by atomic mass is 19.4. The number of alkyl halides is 3. The minimum Gasteiger partial charge on any atom is -0.290 e. The number of anilines is 1. The lowest BCUT2D eigenvalue weighted by Crippen LogP contribution is -2.14. The van der Waals surface area contributed by atoms with Crippen molar-refractivity contribution in [1.82, 2.24) is 24.5 Å². The van der Waals surface area contributed by atoms with Crippen molar-refractivity contribution in [3.05, 3.63) is 23.8 Å². The standard InChI is InChI=1S/C9H9F3N6O/c1-17-4-5(3-13-17)6(19)14-8-15-7(9(10,11)12)16-18(8)2/h3-4H,1-2H3,(H,14,15,16,19). The van der Waals surface area contributed by atoms with Gasteiger partial charge in [-0.05, 0) is 0 Å². The molecule has 0 aromatic carbocycles. The maximum Gasteiger partial charge on any atom is 0.453 e. The van der Waals surface area contributed by atoms with Crippen molar-refractivity contribution in [1.29, 1.82) is 0 Å². The van der Waals surface area contributed by atoms with E-state index in [1.54, 1.807) is 7.05 Å². The first kappa shape index (κ1) is 13.1. The average Bonchev–Trinajstić information content (AvgIpc) is 2.85. The van der Waals surface area contributed by atoms with Crippen LogP contribution in [0.15, 0.2) is 12.4 Å². The highest BCUT2D eigenvalue weighted by Crippen LogP contribution is 2.27. The van der Waals surface area contributed by atoms with Gasteiger partial charge in [0, 0.05) is 20.3 Å². The monoisotopic (exact) mass is 274 g/mol. The molecule has 2 heterocycles. The number of aromatic nitrogens is 5. The Balaban J connectivity index is 2.20. The minimum atomic E-state index is -4.66. The van der Waals surface area contributed by atoms with Crippen molar-refractivity contribution in [3.63, 3.8) is 0 Å². The Morgan fingerprint density at radius 3 is 2.53 bits per heavy atom. The molecule has 2 aromatic heterocycles. The lowest BCUT2D eigenvalue weighted by atomic mass is 10.3. The summed E-state index contributed by atoms with van der Waals surface area (Å²) in [5.74, 6) is -2.21. The van der Waals surface area contributed by atoms with Crippen molar-refractivity contribution in [2.24, 2.45) is 14.1 Å². The molecule has 0 aliphatic carbocycles. The molecule has 0 fully saturated rings. The van der Waals surface area contributed by atoms with Crippen LogP contribution in [-0.4, -0.2) is 30.5 Å². The fourth-order valence-electron chi connectivity index (χ4n) is 1.33. The molecule has 0 saturated heterocycles. The number of amides is 1. The Hall–Kier alpha value is -2.39. The van der Waals surface area contributed by atoms with E-state index < -0.39 is 17.9 Å². The van der Waals surface area contributed by atoms with Gasteiger partial charge in [0.1, 0.15) is 0 Å². The maximum absolute atomic E-state index is 12.4. The highest BCUT2D eigenvalue weighted by Gasteiger charge is 2.37. The second kappa shape index (κ2) is 4.37. The summed E-state index contributed by atoms with van der Waals surface area (Å²) < 4.78 is 39.4. The fourth-order valence-corrected chi connectivity index (χ4v) is 1.33. The fraction of sp³-hybridized carbons (Fsp3) is 0.333. The summed E-state index contributed by atoms with van der Waals surface area (Å²) in [5, 5.41) is 9.19. The van der Waals surface area contributed by atoms with Crippen molar-refractivity contribution >= 4 is 11.9 Å². The molecule has 0 aliphatic rings. The number of rotatable bonds is 2. The predicted octanol–water partition coefficient (Wildman–Crippen LogP) is 0.820. The quantitative estimate of drug-likeness (QED) is 0.879. The Kier molecular flexibility index (Phi) is 3.00. The average molecular weight is 274 g/mol. The molecule has 102 valence electrons. The van der Waals surface area contributed by atoms with Crippen molar-refractivity contribution < 1.29 is 18.0 Å². The van der Waals surface area contributed by atoms with Gasteiger partial charge in [0.25, 0.3) is 11.7 Å². The third-order valence-electron chi connectivity index (χ3n) is 2.21. The summed E-state index contributed by atoms with van der Waals surface area (Å²) in [6.07, 6.45) is -1.94. The van der Waals surface area contributed by atoms with E-state index in [1.807, 2.05) is 0 Å². The Bertz CT molecular complexity index is 614. The van der Waals surface area contributed by atoms with E-state index in [-0.39, 0.29) is 11.5 Å². The predicted molar refractivity (Wildman–Crippen MR) is 57.2 cm³/mol. The minimum absolute atomic E-state index is 0.207. The smallest absolute Gasteiger partial charge is 0.290 e. The number of carbonyl (C=O) groups excluding carboxylic acids is 1. The summed E-state index contributed by atoms with van der Waals surface area (Å²) in [6.45, 7) is 0. The third-order valence-corrected chi connectivity index (χ3v) is 2.21. The van der Waals surface area contributed by atoms with E-state index in [0.29, 0.717) is 0 Å². The second-order valence-electron chi connectivity index (χ2n) is 3.74. The number of nitrogens with zero attached hydrogens (tertiary/aromatic N) is 5. The van der Waals surface area contributed by atoms with E-state index in [1.165, 1.54) is 24.1 Å². The molecule has 0 atom stereocenters. The van der Waals surface area contributed by atoms with E-state index >= 15 is 0 Å². The molecule has 2 rings (SSSR count). The third kappa shape index (κ3) is 2.72. The molecular formula is C9H9F3N6O. The summed E-state index contributed by atoms with van der Waals surface area (Å²) >= 11 is 0. The molecule has 0 radical (unpaired) electrons. The molecule has 19 heavy (non-hydrogen) atoms. The van der Waals surface area contributed by atoms with Gasteiger partial charge in [-0.3, -0.25) is 14.8 Å². The molecular weight excluding hydrogens is 265 g/mol. The van der Waals surface area contributed by atoms with Crippen molar-refractivity contribution in [2.75, 3.05) is 5.32 Å². The van der Waals surface area contributed by atoms with E-state index in [0.717, 1.165) is 4.68 Å². The van der Waals surface area contributed by atoms with E-state index in [9.17, 15) is 18.0 Å². The summed E-state index contributed by atoms with van der Waals surface area (Å²) in [5.41, 5.74) is 0.207. The van der Waals surface area contributed by atoms with Crippen LogP contribution in [0.2, 0.25) is 0 Å². The number of carbonyl (C=O) groups is 1. The summed E-state index contributed by atoms with van der Waals surface area (Å²) in [4.78, 5) is 14.9. The number of nitrogens with one attached hydrogen (secondary N) is 1. The lowest BCUT2D eigenvalue weighted by Gasteiger charge is -2.00. The zero-order valence-corrected chi connectivity index (χ0v) is 9.93. The number of hydrogen-bond donors (Lipinski definition) is 1. The van der Waals surface area contributed by atoms with Crippen LogP contribution in [0.5, 0.6) is 0 Å². The molecule has 0 saturated carbocycles. The first-order chi connectivity index (χ1) is 8.77. The molecule has 2 aromatic rings. The van der Waals surface area contributed by atoms with Gasteiger partial charge in [-0.2, -0.15) is 23.3 Å². The normalized spacial score (nSPS) is 11.6. The zero-order valence-electron chi connectivity index (χ0n) is 9.93. The van der Waals surface area contributed by atoms with Gasteiger partial charge in [0.05, 0.1) is 11.8 Å². The number of hydrogen-bond acceptors (Lipinski definition) is 4. The lowest BCUT2D eigenvalue weighted by molar-refractivity contribution is -0.144. The van der Waals surface area contributed by atoms with Crippen LogP contribution < -0.4 is 5.32 Å². The van der Waals surface area contributed by atoms with E-state index in [4.69, 9.17) is 0 Å². The van der Waals surface area contributed by atoms with Crippen LogP contribution in [0.3, 0.4) is 0 Å². The van der Waals surface area contributed by atoms with Gasteiger partial charge in [-0.15, -0.1) is 5.10 Å². The Labute approximate surface area is 105 Å². The number of aryl methyl sites for hydroxylation is 2. The second-order valence-corrected chi connectivity index (χ2v) is 3.74. The highest BCUT2D eigenvalue weighted by molar-refractivity contribution is 6.02. The van der Waals surface area contributed by atoms with Gasteiger partial charge >= 0.3 is 6.18 Å². The molecule has 1 amide bonds. The first-order valence-corrected chi connectivity index (χ1v) is 5.05. The van der Waals surface area contributed by atoms with Gasteiger partial charge in [0.15, 0.2) is 0 Å². The van der Waals surface area contributed by atoms with E-state index in [2.05, 4.69) is 20.5 Å². The van der Waals surface area contributed by atoms with Crippen LogP contribution in [0.1, 0.15) is 16.2 Å². The Morgan fingerprint density at radius 1 is 1.37 bits per heavy atom. The van der Waals surface area contributed by atoms with Crippen molar-refractivity contribution in [2.45, 2.75) is 6.18 Å². The van der Waals surface area contributed by atoms with Crippen LogP contribution in [0.25, 0.3) is 0 Å². The molecule has 10 heteroatoms. The SMILES string of the molecule is Cn1cc(C(=O)Nc2nc(C(F)(F)F)nn2C)cn1. The topological polar surface area (TPSA) is 77.6 Å². The van der Waals surface area contributed by atoms with Gasteiger partial charge in [-0.25, -0.2) is 4.68 Å². The maximum atomic E-state index is 12.4. The molecule has 7 nitrogen and oxygen atoms in total. The summed E-state index contributed by atoms with van der Waals surface area (Å²) in [7, 11) is 2.86. The van der Waals surface area contributed by atoms with Crippen molar-refractivity contribution in [3.8, 4) is 0 Å². The number of halogens is 3. The largest absolute Gasteiger partial charge is 0.453 e. The van der Waals surface area contributed by atoms with Gasteiger partial charge in [0.2, 0.25) is 5.95 Å². The molecule has 0 aliphatic heterocycles. The Morgan fingerprint density at radius 2 is 2.05 bits per heavy atom. The molecule has 1 N–H and O–H groups in total. The molecule has 0 bridgehead atoms. The first-order valence-electron chi connectivity index (χ1n) is 5.05. The van der Waals surface area contributed by atoms with Crippen LogP contribution in [0, 0.1) is 0 Å². The van der Waals surface area contributed by atoms with Crippen LogP contribution >= 0.6 is 0 Å². The zero-order chi connectivity index (χ0) is 14.2.